The Hall–Kier alpha value is -2.61. The van der Waals surface area contributed by atoms with E-state index in [1.165, 1.54) is 28.7 Å². The van der Waals surface area contributed by atoms with Crippen molar-refractivity contribution in [3.8, 4) is 11.1 Å². The highest BCUT2D eigenvalue weighted by atomic mass is 35.5. The second kappa shape index (κ2) is 9.48. The summed E-state index contributed by atoms with van der Waals surface area (Å²) >= 11 is 8.53. The van der Waals surface area contributed by atoms with Gasteiger partial charge < -0.3 is 10.3 Å². The third-order valence-electron chi connectivity index (χ3n) is 5.08. The lowest BCUT2D eigenvalue weighted by atomic mass is 9.99. The molecule has 0 radical (unpaired) electrons. The van der Waals surface area contributed by atoms with Gasteiger partial charge in [-0.3, -0.25) is 9.59 Å². The molecule has 5 nitrogen and oxygen atoms in total. The normalized spacial score (nSPS) is 12.3. The number of aromatic nitrogens is 2. The lowest BCUT2D eigenvalue weighted by Gasteiger charge is -2.11. The number of amides is 1. The van der Waals surface area contributed by atoms with E-state index in [4.69, 9.17) is 11.6 Å². The Morgan fingerprint density at radius 1 is 1.09 bits per heavy atom. The summed E-state index contributed by atoms with van der Waals surface area (Å²) in [4.78, 5) is 33.5. The number of thiophene rings is 1. The second-order valence-corrected chi connectivity index (χ2v) is 10.4. The number of thioether (sulfide) groups is 1. The Bertz CT molecular complexity index is 1310. The van der Waals surface area contributed by atoms with Crippen LogP contribution in [0.15, 0.2) is 63.9 Å². The van der Waals surface area contributed by atoms with E-state index in [0.29, 0.717) is 32.0 Å². The minimum Gasteiger partial charge on any atom is -0.325 e. The van der Waals surface area contributed by atoms with Gasteiger partial charge in [0.05, 0.1) is 10.6 Å². The monoisotopic (exact) mass is 483 g/mol. The molecule has 164 valence electrons. The number of rotatable bonds is 6. The summed E-state index contributed by atoms with van der Waals surface area (Å²) in [6.07, 6.45) is 0. The zero-order valence-corrected chi connectivity index (χ0v) is 20.2. The van der Waals surface area contributed by atoms with Gasteiger partial charge in [-0.1, -0.05) is 61.5 Å². The van der Waals surface area contributed by atoms with Gasteiger partial charge in [0, 0.05) is 21.7 Å². The summed E-state index contributed by atoms with van der Waals surface area (Å²) < 4.78 is 0. The number of halogens is 1. The molecule has 0 aliphatic heterocycles. The maximum atomic E-state index is 12.9. The predicted molar refractivity (Wildman–Crippen MR) is 135 cm³/mol. The standard InChI is InChI=1S/C24H22ClN3O2S2/c1-13(2)15-4-6-16(7-5-15)19-12-31-23-20(19)22(30)27-24(28-23)32-14(3)21(29)26-18-10-8-17(25)9-11-18/h4-14H,1-3H3,(H,26,29)(H,27,28,30). The number of benzene rings is 2. The summed E-state index contributed by atoms with van der Waals surface area (Å²) in [5.74, 6) is 0.268. The number of nitrogens with one attached hydrogen (secondary N) is 2. The number of carbonyl (C=O) groups excluding carboxylic acids is 1. The van der Waals surface area contributed by atoms with Gasteiger partial charge in [-0.05, 0) is 48.2 Å². The Balaban J connectivity index is 1.54. The number of nitrogens with zero attached hydrogens (tertiary/aromatic N) is 1. The van der Waals surface area contributed by atoms with Crippen molar-refractivity contribution >= 4 is 56.5 Å². The van der Waals surface area contributed by atoms with E-state index in [1.54, 1.807) is 31.2 Å². The first-order valence-corrected chi connectivity index (χ1v) is 12.3. The zero-order chi connectivity index (χ0) is 22.8. The van der Waals surface area contributed by atoms with Crippen molar-refractivity contribution in [1.82, 2.24) is 9.97 Å². The third kappa shape index (κ3) is 4.90. The molecule has 0 fully saturated rings. The molecule has 0 spiro atoms. The van der Waals surface area contributed by atoms with Gasteiger partial charge >= 0.3 is 0 Å². The summed E-state index contributed by atoms with van der Waals surface area (Å²) in [6.45, 7) is 6.08. The van der Waals surface area contributed by atoms with Crippen LogP contribution in [-0.2, 0) is 4.79 Å². The van der Waals surface area contributed by atoms with Crippen molar-refractivity contribution in [3.63, 3.8) is 0 Å². The summed E-state index contributed by atoms with van der Waals surface area (Å²) in [6, 6.07) is 15.2. The molecule has 2 heterocycles. The maximum Gasteiger partial charge on any atom is 0.260 e. The molecule has 32 heavy (non-hydrogen) atoms. The predicted octanol–water partition coefficient (Wildman–Crippen LogP) is 6.55. The molecule has 2 aromatic heterocycles. The first kappa shape index (κ1) is 22.6. The van der Waals surface area contributed by atoms with Crippen LogP contribution in [0.4, 0.5) is 5.69 Å². The van der Waals surface area contributed by atoms with Gasteiger partial charge in [0.1, 0.15) is 4.83 Å². The Kier molecular flexibility index (Phi) is 6.69. The average Bonchev–Trinajstić information content (AvgIpc) is 3.20. The zero-order valence-electron chi connectivity index (χ0n) is 17.8. The number of carbonyl (C=O) groups is 1. The highest BCUT2D eigenvalue weighted by molar-refractivity contribution is 8.00. The van der Waals surface area contributed by atoms with Gasteiger partial charge in [-0.2, -0.15) is 0 Å². The first-order chi connectivity index (χ1) is 15.3. The molecule has 0 saturated heterocycles. The van der Waals surface area contributed by atoms with Crippen LogP contribution in [0.2, 0.25) is 5.02 Å². The van der Waals surface area contributed by atoms with E-state index in [0.717, 1.165) is 11.1 Å². The first-order valence-electron chi connectivity index (χ1n) is 10.2. The summed E-state index contributed by atoms with van der Waals surface area (Å²) in [5, 5.41) is 5.96. The number of anilines is 1. The van der Waals surface area contributed by atoms with Crippen LogP contribution in [0.1, 0.15) is 32.3 Å². The molecule has 2 N–H and O–H groups in total. The molecule has 0 bridgehead atoms. The number of H-pyrrole nitrogens is 1. The molecular weight excluding hydrogens is 462 g/mol. The van der Waals surface area contributed by atoms with Crippen molar-refractivity contribution in [2.24, 2.45) is 0 Å². The van der Waals surface area contributed by atoms with E-state index in [1.807, 2.05) is 17.5 Å². The van der Waals surface area contributed by atoms with Crippen LogP contribution in [0.25, 0.3) is 21.3 Å². The molecule has 4 rings (SSSR count). The number of fused-ring (bicyclic) bond motifs is 1. The molecule has 4 aromatic rings. The molecule has 1 amide bonds. The Morgan fingerprint density at radius 2 is 1.78 bits per heavy atom. The van der Waals surface area contributed by atoms with E-state index in [9.17, 15) is 9.59 Å². The smallest absolute Gasteiger partial charge is 0.260 e. The van der Waals surface area contributed by atoms with E-state index < -0.39 is 5.25 Å². The highest BCUT2D eigenvalue weighted by Crippen LogP contribution is 2.33. The van der Waals surface area contributed by atoms with Crippen molar-refractivity contribution in [2.45, 2.75) is 37.1 Å². The van der Waals surface area contributed by atoms with E-state index in [2.05, 4.69) is 41.3 Å². The second-order valence-electron chi connectivity index (χ2n) is 7.73. The van der Waals surface area contributed by atoms with Crippen molar-refractivity contribution < 1.29 is 4.79 Å². The van der Waals surface area contributed by atoms with Crippen LogP contribution in [0.5, 0.6) is 0 Å². The number of hydrogen-bond acceptors (Lipinski definition) is 5. The van der Waals surface area contributed by atoms with Crippen molar-refractivity contribution in [1.29, 1.82) is 0 Å². The van der Waals surface area contributed by atoms with Gasteiger partial charge in [0.2, 0.25) is 5.91 Å². The van der Waals surface area contributed by atoms with Gasteiger partial charge in [0.15, 0.2) is 5.16 Å². The van der Waals surface area contributed by atoms with Crippen LogP contribution in [-0.4, -0.2) is 21.1 Å². The number of hydrogen-bond donors (Lipinski definition) is 2. The van der Waals surface area contributed by atoms with Gasteiger partial charge in [0.25, 0.3) is 5.56 Å². The van der Waals surface area contributed by atoms with Crippen molar-refractivity contribution in [2.75, 3.05) is 5.32 Å². The fraction of sp³-hybridized carbons (Fsp3) is 0.208. The molecular formula is C24H22ClN3O2S2. The van der Waals surface area contributed by atoms with E-state index in [-0.39, 0.29) is 11.5 Å². The largest absolute Gasteiger partial charge is 0.325 e. The molecule has 1 atom stereocenters. The SMILES string of the molecule is CC(Sc1nc2scc(-c3ccc(C(C)C)cc3)c2c(=O)[nH]1)C(=O)Nc1ccc(Cl)cc1. The van der Waals surface area contributed by atoms with E-state index >= 15 is 0 Å². The van der Waals surface area contributed by atoms with Crippen LogP contribution in [0.3, 0.4) is 0 Å². The minimum atomic E-state index is -0.450. The average molecular weight is 484 g/mol. The fourth-order valence-corrected chi connectivity index (χ4v) is 5.17. The van der Waals surface area contributed by atoms with Crippen LogP contribution >= 0.6 is 34.7 Å². The van der Waals surface area contributed by atoms with Crippen LogP contribution in [0, 0.1) is 0 Å². The van der Waals surface area contributed by atoms with Crippen molar-refractivity contribution in [3.05, 3.63) is 74.9 Å². The maximum absolute atomic E-state index is 12.9. The topological polar surface area (TPSA) is 74.8 Å². The summed E-state index contributed by atoms with van der Waals surface area (Å²) in [5.41, 5.74) is 3.58. The molecule has 0 aliphatic carbocycles. The Morgan fingerprint density at radius 3 is 2.44 bits per heavy atom. The summed E-state index contributed by atoms with van der Waals surface area (Å²) in [7, 11) is 0. The lowest BCUT2D eigenvalue weighted by molar-refractivity contribution is -0.115. The molecule has 0 aliphatic rings. The fourth-order valence-electron chi connectivity index (χ4n) is 3.24. The molecule has 1 unspecified atom stereocenters. The highest BCUT2D eigenvalue weighted by Gasteiger charge is 2.19. The molecule has 2 aromatic carbocycles. The number of aromatic amines is 1. The molecule has 8 heteroatoms. The van der Waals surface area contributed by atoms with Crippen LogP contribution < -0.4 is 10.9 Å². The Labute approximate surface area is 199 Å². The minimum absolute atomic E-state index is 0.183. The third-order valence-corrected chi connectivity index (χ3v) is 7.19. The molecule has 0 saturated carbocycles. The lowest BCUT2D eigenvalue weighted by Crippen LogP contribution is -2.23. The van der Waals surface area contributed by atoms with Gasteiger partial charge in [-0.25, -0.2) is 4.98 Å². The van der Waals surface area contributed by atoms with Gasteiger partial charge in [-0.15, -0.1) is 11.3 Å². The quantitative estimate of drug-likeness (QED) is 0.241.